The SMILES string of the molecule is CCCCCCc1ccc(-c2ccc3c(F)c(OCCCCCCC[C@H](C)CC)c(F)cc3c2)nc1F. The van der Waals surface area contributed by atoms with E-state index in [1.165, 1.54) is 31.7 Å². The summed E-state index contributed by atoms with van der Waals surface area (Å²) >= 11 is 0. The van der Waals surface area contributed by atoms with E-state index >= 15 is 4.39 Å². The van der Waals surface area contributed by atoms with Crippen LogP contribution in [0.2, 0.25) is 0 Å². The summed E-state index contributed by atoms with van der Waals surface area (Å²) in [4.78, 5) is 4.12. The normalized spacial score (nSPS) is 12.3. The van der Waals surface area contributed by atoms with Gasteiger partial charge < -0.3 is 4.74 Å². The van der Waals surface area contributed by atoms with Crippen LogP contribution in [0.25, 0.3) is 22.0 Å². The van der Waals surface area contributed by atoms with Crippen LogP contribution in [0.4, 0.5) is 13.2 Å². The lowest BCUT2D eigenvalue weighted by Crippen LogP contribution is -2.02. The van der Waals surface area contributed by atoms with Gasteiger partial charge in [-0.15, -0.1) is 0 Å². The number of ether oxygens (including phenoxy) is 1. The number of unbranched alkanes of at least 4 members (excludes halogenated alkanes) is 7. The summed E-state index contributed by atoms with van der Waals surface area (Å²) in [6, 6.07) is 9.74. The molecule has 3 aromatic rings. The average molecular weight is 514 g/mol. The Kier molecular flexibility index (Phi) is 11.8. The molecule has 202 valence electrons. The maximum atomic E-state index is 15.1. The Hall–Kier alpha value is -2.56. The second kappa shape index (κ2) is 15.0. The van der Waals surface area contributed by atoms with Gasteiger partial charge in [0.2, 0.25) is 5.95 Å². The fourth-order valence-electron chi connectivity index (χ4n) is 4.66. The highest BCUT2D eigenvalue weighted by atomic mass is 19.1. The van der Waals surface area contributed by atoms with Crippen molar-refractivity contribution in [1.29, 1.82) is 0 Å². The van der Waals surface area contributed by atoms with Gasteiger partial charge >= 0.3 is 0 Å². The van der Waals surface area contributed by atoms with Crippen molar-refractivity contribution >= 4 is 10.8 Å². The predicted molar refractivity (Wildman–Crippen MR) is 148 cm³/mol. The molecule has 1 aromatic heterocycles. The second-order valence-electron chi connectivity index (χ2n) is 10.3. The second-order valence-corrected chi connectivity index (χ2v) is 10.3. The molecule has 0 N–H and O–H groups in total. The molecule has 0 aliphatic rings. The first kappa shape index (κ1) is 29.0. The number of benzene rings is 2. The fourth-order valence-corrected chi connectivity index (χ4v) is 4.66. The number of hydrogen-bond acceptors (Lipinski definition) is 2. The molecule has 1 heterocycles. The van der Waals surface area contributed by atoms with Crippen LogP contribution < -0.4 is 4.74 Å². The van der Waals surface area contributed by atoms with Crippen molar-refractivity contribution in [2.24, 2.45) is 5.92 Å². The van der Waals surface area contributed by atoms with Crippen LogP contribution in [-0.2, 0) is 6.42 Å². The molecular weight excluding hydrogens is 471 g/mol. The highest BCUT2D eigenvalue weighted by Crippen LogP contribution is 2.33. The number of pyridine rings is 1. The van der Waals surface area contributed by atoms with Gasteiger partial charge in [0.15, 0.2) is 17.4 Å². The van der Waals surface area contributed by atoms with Gasteiger partial charge in [-0.1, -0.05) is 96.8 Å². The quantitative estimate of drug-likeness (QED) is 0.140. The third kappa shape index (κ3) is 8.48. The molecule has 0 fully saturated rings. The summed E-state index contributed by atoms with van der Waals surface area (Å²) < 4.78 is 49.9. The van der Waals surface area contributed by atoms with Gasteiger partial charge in [-0.3, -0.25) is 0 Å². The van der Waals surface area contributed by atoms with Gasteiger partial charge in [0.25, 0.3) is 0 Å². The molecular formula is C32H42F3NO. The summed E-state index contributed by atoms with van der Waals surface area (Å²) in [5, 5.41) is 0.671. The van der Waals surface area contributed by atoms with Gasteiger partial charge in [-0.2, -0.15) is 4.39 Å². The molecule has 0 aliphatic carbocycles. The fraction of sp³-hybridized carbons (Fsp3) is 0.531. The molecule has 0 amide bonds. The van der Waals surface area contributed by atoms with E-state index < -0.39 is 17.6 Å². The lowest BCUT2D eigenvalue weighted by atomic mass is 10.0. The van der Waals surface area contributed by atoms with E-state index in [1.54, 1.807) is 30.3 Å². The molecule has 5 heteroatoms. The zero-order chi connectivity index (χ0) is 26.6. The Morgan fingerprint density at radius 3 is 2.35 bits per heavy atom. The van der Waals surface area contributed by atoms with Gasteiger partial charge in [-0.05, 0) is 48.8 Å². The smallest absolute Gasteiger partial charge is 0.216 e. The molecule has 0 unspecified atom stereocenters. The van der Waals surface area contributed by atoms with Crippen LogP contribution in [0.15, 0.2) is 36.4 Å². The Bertz CT molecular complexity index is 1130. The minimum Gasteiger partial charge on any atom is -0.488 e. The van der Waals surface area contributed by atoms with Crippen molar-refractivity contribution in [1.82, 2.24) is 4.98 Å². The van der Waals surface area contributed by atoms with E-state index in [1.807, 2.05) is 0 Å². The van der Waals surface area contributed by atoms with Crippen LogP contribution in [0.5, 0.6) is 5.75 Å². The minimum atomic E-state index is -0.725. The van der Waals surface area contributed by atoms with Gasteiger partial charge in [0.05, 0.1) is 12.3 Å². The predicted octanol–water partition coefficient (Wildman–Crippen LogP) is 10.2. The highest BCUT2D eigenvalue weighted by Gasteiger charge is 2.16. The Labute approximate surface area is 220 Å². The van der Waals surface area contributed by atoms with Crippen LogP contribution in [0.1, 0.15) is 97.0 Å². The molecule has 0 saturated carbocycles. The average Bonchev–Trinajstić information content (AvgIpc) is 2.89. The van der Waals surface area contributed by atoms with Crippen molar-refractivity contribution in [3.05, 3.63) is 59.5 Å². The number of rotatable bonds is 16. The summed E-state index contributed by atoms with van der Waals surface area (Å²) in [7, 11) is 0. The number of nitrogens with zero attached hydrogens (tertiary/aromatic N) is 1. The number of aromatic nitrogens is 1. The van der Waals surface area contributed by atoms with Crippen molar-refractivity contribution in [2.75, 3.05) is 6.61 Å². The number of aryl methyl sites for hydroxylation is 1. The molecule has 3 rings (SSSR count). The first-order chi connectivity index (χ1) is 17.9. The third-order valence-electron chi connectivity index (χ3n) is 7.29. The van der Waals surface area contributed by atoms with Crippen LogP contribution >= 0.6 is 0 Å². The molecule has 0 spiro atoms. The van der Waals surface area contributed by atoms with Crippen molar-refractivity contribution in [3.8, 4) is 17.0 Å². The number of hydrogen-bond donors (Lipinski definition) is 0. The van der Waals surface area contributed by atoms with Crippen molar-refractivity contribution < 1.29 is 17.9 Å². The first-order valence-corrected chi connectivity index (χ1v) is 14.1. The Balaban J connectivity index is 1.59. The van der Waals surface area contributed by atoms with E-state index in [2.05, 4.69) is 25.8 Å². The highest BCUT2D eigenvalue weighted by molar-refractivity contribution is 5.88. The molecule has 2 nitrogen and oxygen atoms in total. The number of halogens is 3. The summed E-state index contributed by atoms with van der Waals surface area (Å²) in [6.45, 7) is 6.94. The molecule has 2 aromatic carbocycles. The number of fused-ring (bicyclic) bond motifs is 1. The standard InChI is InChI=1S/C32H42F3NO/c1-4-6-7-12-15-24-17-19-29(36-32(24)35)25-16-18-27-26(21-25)22-28(33)31(30(27)34)37-20-13-10-8-9-11-14-23(3)5-2/h16-19,21-23H,4-15,20H2,1-3H3/t23-/m1/s1. The third-order valence-corrected chi connectivity index (χ3v) is 7.29. The van der Waals surface area contributed by atoms with Gasteiger partial charge in [-0.25, -0.2) is 13.8 Å². The largest absolute Gasteiger partial charge is 0.488 e. The van der Waals surface area contributed by atoms with Crippen molar-refractivity contribution in [2.45, 2.75) is 97.8 Å². The molecule has 0 radical (unpaired) electrons. The monoisotopic (exact) mass is 513 g/mol. The van der Waals surface area contributed by atoms with E-state index in [0.717, 1.165) is 50.9 Å². The van der Waals surface area contributed by atoms with E-state index in [9.17, 15) is 8.78 Å². The minimum absolute atomic E-state index is 0.276. The van der Waals surface area contributed by atoms with Crippen LogP contribution in [-0.4, -0.2) is 11.6 Å². The molecule has 37 heavy (non-hydrogen) atoms. The lowest BCUT2D eigenvalue weighted by Gasteiger charge is -2.12. The van der Waals surface area contributed by atoms with E-state index in [4.69, 9.17) is 4.74 Å². The molecule has 0 bridgehead atoms. The molecule has 1 atom stereocenters. The maximum Gasteiger partial charge on any atom is 0.216 e. The molecule has 0 aliphatic heterocycles. The first-order valence-electron chi connectivity index (χ1n) is 14.1. The van der Waals surface area contributed by atoms with Crippen LogP contribution in [0.3, 0.4) is 0 Å². The Morgan fingerprint density at radius 2 is 1.59 bits per heavy atom. The maximum absolute atomic E-state index is 15.1. The van der Waals surface area contributed by atoms with E-state index in [0.29, 0.717) is 28.6 Å². The van der Waals surface area contributed by atoms with Gasteiger partial charge in [0, 0.05) is 16.5 Å². The zero-order valence-corrected chi connectivity index (χ0v) is 22.7. The Morgan fingerprint density at radius 1 is 0.838 bits per heavy atom. The summed E-state index contributed by atoms with van der Waals surface area (Å²) in [5.74, 6) is -1.45. The lowest BCUT2D eigenvalue weighted by molar-refractivity contribution is 0.276. The van der Waals surface area contributed by atoms with Crippen LogP contribution in [0, 0.1) is 23.5 Å². The summed E-state index contributed by atoms with van der Waals surface area (Å²) in [5.41, 5.74) is 1.66. The molecule has 0 saturated heterocycles. The zero-order valence-electron chi connectivity index (χ0n) is 22.7. The van der Waals surface area contributed by atoms with Gasteiger partial charge in [0.1, 0.15) is 0 Å². The van der Waals surface area contributed by atoms with E-state index in [-0.39, 0.29) is 17.7 Å². The van der Waals surface area contributed by atoms with Crippen molar-refractivity contribution in [3.63, 3.8) is 0 Å². The topological polar surface area (TPSA) is 22.1 Å². The summed E-state index contributed by atoms with van der Waals surface area (Å²) in [6.07, 6.45) is 12.7.